The van der Waals surface area contributed by atoms with E-state index in [-0.39, 0.29) is 17.1 Å². The molecule has 0 bridgehead atoms. The van der Waals surface area contributed by atoms with Gasteiger partial charge in [0, 0.05) is 5.56 Å². The molecule has 0 aliphatic carbocycles. The molecular formula is C10H7IO6-2. The number of methoxy groups -OCH3 is 1. The van der Waals surface area contributed by atoms with E-state index in [1.807, 2.05) is 0 Å². The van der Waals surface area contributed by atoms with Gasteiger partial charge in [0.05, 0.1) is 22.6 Å². The van der Waals surface area contributed by atoms with Crippen LogP contribution in [0.15, 0.2) is 12.1 Å². The second kappa shape index (κ2) is 5.71. The van der Waals surface area contributed by atoms with Crippen LogP contribution in [-0.2, 0) is 4.79 Å². The number of ether oxygens (including phenoxy) is 2. The fraction of sp³-hybridized carbons (Fsp3) is 0.200. The summed E-state index contributed by atoms with van der Waals surface area (Å²) in [4.78, 5) is 21.0. The molecule has 0 heterocycles. The normalized spacial score (nSPS) is 9.76. The Bertz CT molecular complexity index is 456. The maximum atomic E-state index is 10.7. The predicted molar refractivity (Wildman–Crippen MR) is 60.5 cm³/mol. The van der Waals surface area contributed by atoms with Crippen molar-refractivity contribution in [3.05, 3.63) is 21.3 Å². The first kappa shape index (κ1) is 13.6. The van der Waals surface area contributed by atoms with Gasteiger partial charge in [-0.1, -0.05) is 0 Å². The van der Waals surface area contributed by atoms with E-state index in [1.54, 1.807) is 22.6 Å². The van der Waals surface area contributed by atoms with Crippen LogP contribution in [0.5, 0.6) is 11.5 Å². The lowest BCUT2D eigenvalue weighted by molar-refractivity contribution is -0.307. The SMILES string of the molecule is COc1cc(C(=O)[O-])cc(I)c1OCC(=O)[O-]. The average molecular weight is 350 g/mol. The molecule has 0 fully saturated rings. The van der Waals surface area contributed by atoms with Gasteiger partial charge in [0.1, 0.15) is 6.61 Å². The summed E-state index contributed by atoms with van der Waals surface area (Å²) in [5.74, 6) is -2.46. The van der Waals surface area contributed by atoms with E-state index >= 15 is 0 Å². The van der Waals surface area contributed by atoms with Crippen LogP contribution < -0.4 is 19.7 Å². The van der Waals surface area contributed by atoms with Crippen molar-refractivity contribution in [2.45, 2.75) is 0 Å². The Hall–Kier alpha value is -1.51. The quantitative estimate of drug-likeness (QED) is 0.618. The maximum Gasteiger partial charge on any atom is 0.175 e. The van der Waals surface area contributed by atoms with Crippen molar-refractivity contribution in [3.8, 4) is 11.5 Å². The lowest BCUT2D eigenvalue weighted by Gasteiger charge is -2.14. The number of carbonyl (C=O) groups is 2. The number of hydrogen-bond donors (Lipinski definition) is 0. The first-order valence-corrected chi connectivity index (χ1v) is 5.45. The second-order valence-corrected chi connectivity index (χ2v) is 4.10. The van der Waals surface area contributed by atoms with Crippen molar-refractivity contribution in [1.29, 1.82) is 0 Å². The molecule has 0 amide bonds. The van der Waals surface area contributed by atoms with Gasteiger partial charge in [-0.3, -0.25) is 0 Å². The van der Waals surface area contributed by atoms with Crippen molar-refractivity contribution in [1.82, 2.24) is 0 Å². The van der Waals surface area contributed by atoms with E-state index in [1.165, 1.54) is 19.2 Å². The van der Waals surface area contributed by atoms with E-state index in [0.717, 1.165) is 0 Å². The van der Waals surface area contributed by atoms with Crippen molar-refractivity contribution in [3.63, 3.8) is 0 Å². The van der Waals surface area contributed by atoms with Gasteiger partial charge in [0.2, 0.25) is 0 Å². The minimum absolute atomic E-state index is 0.0768. The Morgan fingerprint density at radius 3 is 2.47 bits per heavy atom. The molecule has 1 aromatic carbocycles. The van der Waals surface area contributed by atoms with Gasteiger partial charge in [-0.15, -0.1) is 0 Å². The first-order valence-electron chi connectivity index (χ1n) is 4.37. The summed E-state index contributed by atoms with van der Waals surface area (Å²) in [6, 6.07) is 2.49. The molecule has 6 nitrogen and oxygen atoms in total. The molecule has 7 heteroatoms. The molecule has 0 spiro atoms. The number of carboxylic acid groups (broad SMARTS) is 2. The molecule has 1 rings (SSSR count). The Morgan fingerprint density at radius 2 is 2.00 bits per heavy atom. The fourth-order valence-electron chi connectivity index (χ4n) is 1.11. The largest absolute Gasteiger partial charge is 0.546 e. The standard InChI is InChI=1S/C10H9IO6/c1-16-7-3-5(10(14)15)2-6(11)9(7)17-4-8(12)13/h2-3H,4H2,1H3,(H,12,13)(H,14,15)/p-2. The Kier molecular flexibility index (Phi) is 4.55. The van der Waals surface area contributed by atoms with Gasteiger partial charge in [0.25, 0.3) is 0 Å². The number of carbonyl (C=O) groups excluding carboxylic acids is 2. The van der Waals surface area contributed by atoms with Gasteiger partial charge in [-0.05, 0) is 34.7 Å². The molecule has 0 N–H and O–H groups in total. The average Bonchev–Trinajstić information content (AvgIpc) is 2.25. The zero-order valence-electron chi connectivity index (χ0n) is 8.69. The highest BCUT2D eigenvalue weighted by Crippen LogP contribution is 2.33. The number of aromatic carboxylic acids is 1. The highest BCUT2D eigenvalue weighted by atomic mass is 127. The molecule has 0 aliphatic rings. The lowest BCUT2D eigenvalue weighted by atomic mass is 10.2. The smallest absolute Gasteiger partial charge is 0.175 e. The molecule has 0 aromatic heterocycles. The molecule has 0 atom stereocenters. The highest BCUT2D eigenvalue weighted by molar-refractivity contribution is 14.1. The Labute approximate surface area is 110 Å². The molecule has 1 aromatic rings. The van der Waals surface area contributed by atoms with Crippen LogP contribution in [0.4, 0.5) is 0 Å². The molecule has 17 heavy (non-hydrogen) atoms. The number of carboxylic acids is 2. The Balaban J connectivity index is 3.12. The van der Waals surface area contributed by atoms with Crippen LogP contribution in [0.1, 0.15) is 10.4 Å². The molecule has 0 saturated carbocycles. The Morgan fingerprint density at radius 1 is 1.35 bits per heavy atom. The second-order valence-electron chi connectivity index (χ2n) is 2.94. The predicted octanol–water partition coefficient (Wildman–Crippen LogP) is -1.21. The van der Waals surface area contributed by atoms with Crippen molar-refractivity contribution in [2.75, 3.05) is 13.7 Å². The van der Waals surface area contributed by atoms with Gasteiger partial charge in [0.15, 0.2) is 11.5 Å². The van der Waals surface area contributed by atoms with Crippen LogP contribution >= 0.6 is 22.6 Å². The molecular weight excluding hydrogens is 343 g/mol. The van der Waals surface area contributed by atoms with Gasteiger partial charge in [-0.2, -0.15) is 0 Å². The zero-order valence-corrected chi connectivity index (χ0v) is 10.8. The summed E-state index contributed by atoms with van der Waals surface area (Å²) >= 11 is 1.81. The summed E-state index contributed by atoms with van der Waals surface area (Å²) in [7, 11) is 1.32. The number of halogens is 1. The molecule has 0 unspecified atom stereocenters. The number of benzene rings is 1. The third kappa shape index (κ3) is 3.48. The van der Waals surface area contributed by atoms with Crippen molar-refractivity contribution in [2.24, 2.45) is 0 Å². The maximum absolute atomic E-state index is 10.7. The first-order chi connectivity index (χ1) is 7.95. The van der Waals surface area contributed by atoms with E-state index in [0.29, 0.717) is 3.57 Å². The molecule has 0 radical (unpaired) electrons. The zero-order chi connectivity index (χ0) is 13.0. The van der Waals surface area contributed by atoms with Gasteiger partial charge >= 0.3 is 0 Å². The number of aliphatic carboxylic acids is 1. The fourth-order valence-corrected chi connectivity index (χ4v) is 1.87. The van der Waals surface area contributed by atoms with Gasteiger partial charge < -0.3 is 29.3 Å². The van der Waals surface area contributed by atoms with Crippen LogP contribution in [-0.4, -0.2) is 25.7 Å². The van der Waals surface area contributed by atoms with E-state index in [2.05, 4.69) is 0 Å². The van der Waals surface area contributed by atoms with Crippen molar-refractivity contribution >= 4 is 34.5 Å². The highest BCUT2D eigenvalue weighted by Gasteiger charge is 2.12. The third-order valence-electron chi connectivity index (χ3n) is 1.80. The van der Waals surface area contributed by atoms with Crippen molar-refractivity contribution < 1.29 is 29.3 Å². The number of hydrogen-bond acceptors (Lipinski definition) is 6. The van der Waals surface area contributed by atoms with E-state index in [4.69, 9.17) is 9.47 Å². The number of rotatable bonds is 5. The van der Waals surface area contributed by atoms with Crippen LogP contribution in [0.3, 0.4) is 0 Å². The summed E-state index contributed by atoms with van der Waals surface area (Å²) < 4.78 is 10.3. The summed E-state index contributed by atoms with van der Waals surface area (Å²) in [6.07, 6.45) is 0. The minimum Gasteiger partial charge on any atom is -0.546 e. The van der Waals surface area contributed by atoms with Crippen LogP contribution in [0.25, 0.3) is 0 Å². The van der Waals surface area contributed by atoms with E-state index in [9.17, 15) is 19.8 Å². The molecule has 92 valence electrons. The van der Waals surface area contributed by atoms with Crippen LogP contribution in [0, 0.1) is 3.57 Å². The third-order valence-corrected chi connectivity index (χ3v) is 2.60. The lowest BCUT2D eigenvalue weighted by Crippen LogP contribution is -2.29. The summed E-state index contributed by atoms with van der Waals surface area (Å²) in [5.41, 5.74) is -0.0768. The summed E-state index contributed by atoms with van der Waals surface area (Å²) in [5, 5.41) is 21.0. The van der Waals surface area contributed by atoms with Gasteiger partial charge in [-0.25, -0.2) is 0 Å². The molecule has 0 saturated heterocycles. The monoisotopic (exact) mass is 350 g/mol. The molecule has 0 aliphatic heterocycles. The van der Waals surface area contributed by atoms with E-state index < -0.39 is 18.5 Å². The summed E-state index contributed by atoms with van der Waals surface area (Å²) in [6.45, 7) is -0.642. The van der Waals surface area contributed by atoms with Crippen LogP contribution in [0.2, 0.25) is 0 Å². The minimum atomic E-state index is -1.38. The topological polar surface area (TPSA) is 98.7 Å².